The molecule has 112 valence electrons. The first-order valence-electron chi connectivity index (χ1n) is 7.04. The number of halogens is 1. The van der Waals surface area contributed by atoms with Crippen molar-refractivity contribution < 1.29 is 4.74 Å². The van der Waals surface area contributed by atoms with Crippen LogP contribution in [0.3, 0.4) is 0 Å². The van der Waals surface area contributed by atoms with Gasteiger partial charge in [-0.15, -0.1) is 0 Å². The van der Waals surface area contributed by atoms with Gasteiger partial charge >= 0.3 is 0 Å². The van der Waals surface area contributed by atoms with Crippen molar-refractivity contribution in [3.63, 3.8) is 0 Å². The minimum absolute atomic E-state index is 0.109. The van der Waals surface area contributed by atoms with Crippen LogP contribution < -0.4 is 16.0 Å². The second kappa shape index (κ2) is 5.67. The van der Waals surface area contributed by atoms with E-state index in [0.29, 0.717) is 11.6 Å². The predicted molar refractivity (Wildman–Crippen MR) is 82.4 cm³/mol. The summed E-state index contributed by atoms with van der Waals surface area (Å²) in [4.78, 5) is 0. The summed E-state index contributed by atoms with van der Waals surface area (Å²) in [6.07, 6.45) is 1.67. The van der Waals surface area contributed by atoms with Gasteiger partial charge in [-0.05, 0) is 19.9 Å². The van der Waals surface area contributed by atoms with Crippen molar-refractivity contribution in [3.05, 3.63) is 46.7 Å². The number of nitrogens with zero attached hydrogens (tertiary/aromatic N) is 2. The van der Waals surface area contributed by atoms with Crippen LogP contribution in [0.4, 0.5) is 0 Å². The number of hydrazine groups is 1. The molecule has 2 aromatic rings. The first kappa shape index (κ1) is 14.4. The van der Waals surface area contributed by atoms with E-state index in [9.17, 15) is 0 Å². The van der Waals surface area contributed by atoms with E-state index < -0.39 is 0 Å². The lowest BCUT2D eigenvalue weighted by Gasteiger charge is -2.24. The number of benzene rings is 1. The monoisotopic (exact) mass is 306 g/mol. The fraction of sp³-hybridized carbons (Fsp3) is 0.400. The third-order valence-corrected chi connectivity index (χ3v) is 4.18. The lowest BCUT2D eigenvalue weighted by atomic mass is 9.91. The average Bonchev–Trinajstić information content (AvgIpc) is 3.06. The molecule has 0 saturated carbocycles. The van der Waals surface area contributed by atoms with Gasteiger partial charge in [-0.2, -0.15) is 5.10 Å². The number of para-hydroxylation sites is 1. The zero-order valence-corrected chi connectivity index (χ0v) is 12.8. The molecule has 2 heterocycles. The molecule has 21 heavy (non-hydrogen) atoms. The lowest BCUT2D eigenvalue weighted by molar-refractivity contribution is 0.292. The largest absolute Gasteiger partial charge is 0.493 e. The molecule has 5 nitrogen and oxygen atoms in total. The van der Waals surface area contributed by atoms with Crippen LogP contribution in [0.2, 0.25) is 5.02 Å². The summed E-state index contributed by atoms with van der Waals surface area (Å²) >= 11 is 6.35. The van der Waals surface area contributed by atoms with E-state index in [1.807, 2.05) is 22.9 Å². The zero-order chi connectivity index (χ0) is 15.0. The SMILES string of the molecule is CC(C)n1ncc(Cl)c1C(NN)C1COc2ccccc21. The van der Waals surface area contributed by atoms with Crippen molar-refractivity contribution in [1.82, 2.24) is 15.2 Å². The maximum absolute atomic E-state index is 6.35. The van der Waals surface area contributed by atoms with Crippen LogP contribution in [0.1, 0.15) is 43.1 Å². The van der Waals surface area contributed by atoms with Gasteiger partial charge in [0.15, 0.2) is 0 Å². The number of hydrogen-bond acceptors (Lipinski definition) is 4. The summed E-state index contributed by atoms with van der Waals surface area (Å²) in [5, 5.41) is 4.98. The normalized spacial score (nSPS) is 18.6. The topological polar surface area (TPSA) is 65.1 Å². The van der Waals surface area contributed by atoms with E-state index in [4.69, 9.17) is 22.2 Å². The molecular formula is C15H19ClN4O. The van der Waals surface area contributed by atoms with E-state index in [1.165, 1.54) is 0 Å². The number of fused-ring (bicyclic) bond motifs is 1. The Balaban J connectivity index is 2.03. The minimum Gasteiger partial charge on any atom is -0.493 e. The molecule has 0 saturated heterocycles. The molecule has 1 aliphatic heterocycles. The van der Waals surface area contributed by atoms with Gasteiger partial charge < -0.3 is 4.74 Å². The fourth-order valence-electron chi connectivity index (χ4n) is 2.90. The van der Waals surface area contributed by atoms with Gasteiger partial charge in [0.25, 0.3) is 0 Å². The van der Waals surface area contributed by atoms with Gasteiger partial charge in [0.2, 0.25) is 0 Å². The second-order valence-electron chi connectivity index (χ2n) is 5.52. The molecule has 3 rings (SSSR count). The molecule has 1 aromatic carbocycles. The van der Waals surface area contributed by atoms with Crippen LogP contribution >= 0.6 is 11.6 Å². The van der Waals surface area contributed by atoms with Crippen LogP contribution in [0.25, 0.3) is 0 Å². The smallest absolute Gasteiger partial charge is 0.122 e. The molecule has 1 aromatic heterocycles. The Morgan fingerprint density at radius 1 is 1.43 bits per heavy atom. The van der Waals surface area contributed by atoms with Gasteiger partial charge in [-0.25, -0.2) is 0 Å². The number of nitrogens with two attached hydrogens (primary N) is 1. The van der Waals surface area contributed by atoms with Gasteiger partial charge in [0.05, 0.1) is 29.6 Å². The molecule has 0 amide bonds. The second-order valence-corrected chi connectivity index (χ2v) is 5.92. The number of rotatable bonds is 4. The van der Waals surface area contributed by atoms with Crippen LogP contribution in [0.15, 0.2) is 30.5 Å². The van der Waals surface area contributed by atoms with Crippen LogP contribution in [0, 0.1) is 0 Å². The van der Waals surface area contributed by atoms with E-state index in [2.05, 4.69) is 30.4 Å². The zero-order valence-electron chi connectivity index (χ0n) is 12.1. The van der Waals surface area contributed by atoms with Crippen molar-refractivity contribution in [2.45, 2.75) is 31.8 Å². The Hall–Kier alpha value is -1.56. The maximum atomic E-state index is 6.35. The highest BCUT2D eigenvalue weighted by Gasteiger charge is 2.35. The van der Waals surface area contributed by atoms with Gasteiger partial charge in [-0.1, -0.05) is 29.8 Å². The van der Waals surface area contributed by atoms with Crippen molar-refractivity contribution in [2.75, 3.05) is 6.61 Å². The summed E-state index contributed by atoms with van der Waals surface area (Å²) < 4.78 is 7.67. The van der Waals surface area contributed by atoms with Crippen molar-refractivity contribution in [1.29, 1.82) is 0 Å². The Bertz CT molecular complexity index is 640. The molecule has 1 aliphatic rings. The Morgan fingerprint density at radius 3 is 2.90 bits per heavy atom. The third kappa shape index (κ3) is 2.41. The molecule has 0 aliphatic carbocycles. The molecule has 0 radical (unpaired) electrons. The van der Waals surface area contributed by atoms with E-state index in [-0.39, 0.29) is 18.0 Å². The summed E-state index contributed by atoms with van der Waals surface area (Å²) in [5.74, 6) is 6.85. The standard InChI is InChI=1S/C15H19ClN4O/c1-9(2)20-15(12(16)7-18-20)14(19-17)11-8-21-13-6-4-3-5-10(11)13/h3-7,9,11,14,19H,8,17H2,1-2H3. The molecule has 2 atom stereocenters. The summed E-state index contributed by atoms with van der Waals surface area (Å²) in [5.41, 5.74) is 4.95. The molecule has 0 bridgehead atoms. The molecule has 0 spiro atoms. The fourth-order valence-corrected chi connectivity index (χ4v) is 3.15. The first-order valence-corrected chi connectivity index (χ1v) is 7.42. The first-order chi connectivity index (χ1) is 10.1. The van der Waals surface area contributed by atoms with Crippen LogP contribution in [0.5, 0.6) is 5.75 Å². The predicted octanol–water partition coefficient (Wildman–Crippen LogP) is 2.80. The number of hydrogen-bond donors (Lipinski definition) is 2. The summed E-state index contributed by atoms with van der Waals surface area (Å²) in [7, 11) is 0. The van der Waals surface area contributed by atoms with Gasteiger partial charge in [0.1, 0.15) is 5.75 Å². The van der Waals surface area contributed by atoms with Crippen LogP contribution in [-0.2, 0) is 0 Å². The van der Waals surface area contributed by atoms with E-state index in [1.54, 1.807) is 6.20 Å². The average molecular weight is 307 g/mol. The minimum atomic E-state index is -0.147. The summed E-state index contributed by atoms with van der Waals surface area (Å²) in [6, 6.07) is 8.09. The van der Waals surface area contributed by atoms with Crippen LogP contribution in [-0.4, -0.2) is 16.4 Å². The highest BCUT2D eigenvalue weighted by Crippen LogP contribution is 2.42. The Kier molecular flexibility index (Phi) is 3.89. The third-order valence-electron chi connectivity index (χ3n) is 3.89. The maximum Gasteiger partial charge on any atom is 0.122 e. The Labute approximate surface area is 129 Å². The van der Waals surface area contributed by atoms with Gasteiger partial charge in [-0.3, -0.25) is 16.0 Å². The quantitative estimate of drug-likeness (QED) is 0.673. The van der Waals surface area contributed by atoms with Gasteiger partial charge in [0, 0.05) is 17.5 Å². The lowest BCUT2D eigenvalue weighted by Crippen LogP contribution is -2.35. The van der Waals surface area contributed by atoms with Crippen molar-refractivity contribution >= 4 is 11.6 Å². The van der Waals surface area contributed by atoms with Crippen molar-refractivity contribution in [2.24, 2.45) is 5.84 Å². The molecular weight excluding hydrogens is 288 g/mol. The highest BCUT2D eigenvalue weighted by atomic mass is 35.5. The highest BCUT2D eigenvalue weighted by molar-refractivity contribution is 6.31. The van der Waals surface area contributed by atoms with E-state index in [0.717, 1.165) is 17.0 Å². The molecule has 6 heteroatoms. The molecule has 0 fully saturated rings. The Morgan fingerprint density at radius 2 is 2.19 bits per heavy atom. The number of aromatic nitrogens is 2. The number of ether oxygens (including phenoxy) is 1. The summed E-state index contributed by atoms with van der Waals surface area (Å²) in [6.45, 7) is 4.72. The number of nitrogens with one attached hydrogen (secondary N) is 1. The molecule has 2 unspecified atom stereocenters. The van der Waals surface area contributed by atoms with E-state index >= 15 is 0 Å². The molecule has 3 N–H and O–H groups in total. The van der Waals surface area contributed by atoms with Crippen molar-refractivity contribution in [3.8, 4) is 5.75 Å².